The molecule has 0 bridgehead atoms. The summed E-state index contributed by atoms with van der Waals surface area (Å²) in [7, 11) is 0.0607. The Labute approximate surface area is 187 Å². The van der Waals surface area contributed by atoms with Gasteiger partial charge in [-0.1, -0.05) is 30.3 Å². The molecule has 7 nitrogen and oxygen atoms in total. The van der Waals surface area contributed by atoms with E-state index in [-0.39, 0.29) is 12.0 Å². The monoisotopic (exact) mass is 448 g/mol. The van der Waals surface area contributed by atoms with Crippen LogP contribution in [-0.2, 0) is 22.2 Å². The number of amides is 1. The van der Waals surface area contributed by atoms with Crippen molar-refractivity contribution in [2.75, 3.05) is 7.11 Å². The molecule has 0 spiro atoms. The van der Waals surface area contributed by atoms with E-state index in [0.29, 0.717) is 22.4 Å². The Kier molecular flexibility index (Phi) is 5.36. The van der Waals surface area contributed by atoms with Crippen LogP contribution in [-0.4, -0.2) is 22.2 Å². The van der Waals surface area contributed by atoms with Gasteiger partial charge in [0.1, 0.15) is 17.6 Å². The molecule has 2 aromatic carbocycles. The van der Waals surface area contributed by atoms with E-state index in [0.717, 1.165) is 35.3 Å². The quantitative estimate of drug-likeness (QED) is 0.611. The molecule has 5 rings (SSSR count). The van der Waals surface area contributed by atoms with Crippen molar-refractivity contribution in [3.63, 3.8) is 0 Å². The second kappa shape index (κ2) is 8.47. The first-order valence-corrected chi connectivity index (χ1v) is 11.3. The van der Waals surface area contributed by atoms with Gasteiger partial charge in [-0.25, -0.2) is 4.21 Å². The highest BCUT2D eigenvalue weighted by molar-refractivity contribution is 7.93. The summed E-state index contributed by atoms with van der Waals surface area (Å²) >= 11 is 0. The van der Waals surface area contributed by atoms with Crippen LogP contribution in [0, 0.1) is 0 Å². The van der Waals surface area contributed by atoms with Crippen LogP contribution in [0.5, 0.6) is 23.3 Å². The first kappa shape index (κ1) is 20.3. The van der Waals surface area contributed by atoms with Crippen LogP contribution >= 0.6 is 0 Å². The fraction of sp³-hybridized carbons (Fsp3) is 0.167. The van der Waals surface area contributed by atoms with E-state index in [1.54, 1.807) is 19.2 Å². The third kappa shape index (κ3) is 3.97. The number of aromatic nitrogens is 1. The molecule has 8 heteroatoms. The van der Waals surface area contributed by atoms with Crippen molar-refractivity contribution in [3.8, 4) is 23.3 Å². The lowest BCUT2D eigenvalue weighted by molar-refractivity contribution is -0.114. The van der Waals surface area contributed by atoms with Gasteiger partial charge in [-0.05, 0) is 42.2 Å². The predicted molar refractivity (Wildman–Crippen MR) is 120 cm³/mol. The van der Waals surface area contributed by atoms with Gasteiger partial charge in [-0.2, -0.15) is 4.98 Å². The van der Waals surface area contributed by atoms with Crippen molar-refractivity contribution in [3.05, 3.63) is 83.4 Å². The third-order valence-corrected chi connectivity index (χ3v) is 6.51. The number of carbonyl (C=O) groups is 1. The molecule has 3 aromatic rings. The Morgan fingerprint density at radius 2 is 1.81 bits per heavy atom. The van der Waals surface area contributed by atoms with Crippen molar-refractivity contribution >= 4 is 21.8 Å². The lowest BCUT2D eigenvalue weighted by Gasteiger charge is -2.16. The molecular formula is C24H20N2O5S. The van der Waals surface area contributed by atoms with E-state index in [2.05, 4.69) is 15.8 Å². The van der Waals surface area contributed by atoms with Crippen LogP contribution in [0.1, 0.15) is 29.2 Å². The van der Waals surface area contributed by atoms with E-state index in [4.69, 9.17) is 14.2 Å². The number of benzene rings is 2. The molecule has 32 heavy (non-hydrogen) atoms. The molecule has 1 aromatic heterocycles. The van der Waals surface area contributed by atoms with Gasteiger partial charge in [0.05, 0.1) is 12.0 Å². The van der Waals surface area contributed by atoms with Gasteiger partial charge in [0.2, 0.25) is 11.8 Å². The van der Waals surface area contributed by atoms with Crippen LogP contribution < -0.4 is 18.9 Å². The molecule has 2 unspecified atom stereocenters. The summed E-state index contributed by atoms with van der Waals surface area (Å²) in [4.78, 5) is 16.2. The van der Waals surface area contributed by atoms with Crippen molar-refractivity contribution in [1.29, 1.82) is 0 Å². The minimum absolute atomic E-state index is 0.0965. The molecule has 2 aliphatic rings. The zero-order valence-electron chi connectivity index (χ0n) is 17.2. The molecule has 0 radical (unpaired) electrons. The minimum atomic E-state index is -1.51. The highest BCUT2D eigenvalue weighted by Gasteiger charge is 2.27. The van der Waals surface area contributed by atoms with E-state index in [9.17, 15) is 9.00 Å². The SMILES string of the molecule is COc1cccc(Oc2cccc3c2CCC3Oc2ccc(C3=CC(=O)NS3=O)cc2)n1. The smallest absolute Gasteiger partial charge is 0.257 e. The number of pyridine rings is 1. The molecule has 162 valence electrons. The maximum absolute atomic E-state index is 11.9. The van der Waals surface area contributed by atoms with E-state index < -0.39 is 11.0 Å². The second-order valence-corrected chi connectivity index (χ2v) is 8.54. The first-order chi connectivity index (χ1) is 15.6. The van der Waals surface area contributed by atoms with Crippen LogP contribution in [0.3, 0.4) is 0 Å². The summed E-state index contributed by atoms with van der Waals surface area (Å²) in [6.45, 7) is 0. The van der Waals surface area contributed by atoms with E-state index in [1.165, 1.54) is 6.08 Å². The Morgan fingerprint density at radius 3 is 2.56 bits per heavy atom. The Bertz CT molecular complexity index is 1240. The highest BCUT2D eigenvalue weighted by atomic mass is 32.2. The zero-order valence-corrected chi connectivity index (χ0v) is 18.1. The van der Waals surface area contributed by atoms with E-state index in [1.807, 2.05) is 42.5 Å². The number of carbonyl (C=O) groups excluding carboxylic acids is 1. The molecule has 0 fully saturated rings. The summed E-state index contributed by atoms with van der Waals surface area (Å²) in [6, 6.07) is 18.6. The summed E-state index contributed by atoms with van der Waals surface area (Å²) in [5.74, 6) is 2.10. The lowest BCUT2D eigenvalue weighted by atomic mass is 10.1. The fourth-order valence-electron chi connectivity index (χ4n) is 3.88. The van der Waals surface area contributed by atoms with Crippen LogP contribution in [0.4, 0.5) is 0 Å². The largest absolute Gasteiger partial charge is 0.486 e. The normalized spacial score (nSPS) is 19.2. The third-order valence-electron chi connectivity index (χ3n) is 5.37. The number of nitrogens with one attached hydrogen (secondary N) is 1. The van der Waals surface area contributed by atoms with Gasteiger partial charge in [0.25, 0.3) is 5.91 Å². The number of methoxy groups -OCH3 is 1. The zero-order chi connectivity index (χ0) is 22.1. The summed E-state index contributed by atoms with van der Waals surface area (Å²) in [5.41, 5.74) is 2.92. The van der Waals surface area contributed by atoms with Gasteiger partial charge in [-0.3, -0.25) is 9.52 Å². The van der Waals surface area contributed by atoms with Gasteiger partial charge < -0.3 is 14.2 Å². The summed E-state index contributed by atoms with van der Waals surface area (Å²) in [6.07, 6.45) is 2.92. The van der Waals surface area contributed by atoms with Crippen molar-refractivity contribution < 1.29 is 23.2 Å². The van der Waals surface area contributed by atoms with E-state index >= 15 is 0 Å². The molecular weight excluding hydrogens is 428 g/mol. The molecule has 1 N–H and O–H groups in total. The second-order valence-electron chi connectivity index (χ2n) is 7.36. The topological polar surface area (TPSA) is 86.8 Å². The standard InChI is InChI=1S/C24H20N2O5S/c1-29-23-6-3-7-24(25-23)31-19-5-2-4-17-18(19)12-13-20(17)30-16-10-8-15(9-11-16)21-14-22(27)26-32(21)28/h2-11,14,20H,12-13H2,1H3,(H,26,27). The molecule has 1 aliphatic heterocycles. The van der Waals surface area contributed by atoms with Gasteiger partial charge >= 0.3 is 0 Å². The predicted octanol–water partition coefficient (Wildman–Crippen LogP) is 4.08. The van der Waals surface area contributed by atoms with Crippen LogP contribution in [0.25, 0.3) is 4.91 Å². The van der Waals surface area contributed by atoms with Crippen molar-refractivity contribution in [2.24, 2.45) is 0 Å². The molecule has 1 aliphatic carbocycles. The first-order valence-electron chi connectivity index (χ1n) is 10.1. The lowest BCUT2D eigenvalue weighted by Crippen LogP contribution is -2.16. The molecule has 2 heterocycles. The Balaban J connectivity index is 1.33. The fourth-order valence-corrected chi connectivity index (χ4v) is 4.80. The maximum atomic E-state index is 11.9. The van der Waals surface area contributed by atoms with Crippen LogP contribution in [0.2, 0.25) is 0 Å². The molecule has 0 saturated carbocycles. The maximum Gasteiger partial charge on any atom is 0.257 e. The number of hydrogen-bond acceptors (Lipinski definition) is 6. The minimum Gasteiger partial charge on any atom is -0.486 e. The molecule has 1 amide bonds. The average molecular weight is 449 g/mol. The average Bonchev–Trinajstić information content (AvgIpc) is 3.37. The van der Waals surface area contributed by atoms with Crippen LogP contribution in [0.15, 0.2) is 66.7 Å². The van der Waals surface area contributed by atoms with Gasteiger partial charge in [0.15, 0.2) is 11.0 Å². The number of nitrogens with zero attached hydrogens (tertiary/aromatic N) is 1. The highest BCUT2D eigenvalue weighted by Crippen LogP contribution is 2.41. The van der Waals surface area contributed by atoms with Gasteiger partial charge in [0, 0.05) is 23.8 Å². The number of ether oxygens (including phenoxy) is 3. The Morgan fingerprint density at radius 1 is 1.03 bits per heavy atom. The summed E-state index contributed by atoms with van der Waals surface area (Å²) < 4.78 is 31.8. The Hall–Kier alpha value is -3.65. The van der Waals surface area contributed by atoms with Gasteiger partial charge in [-0.15, -0.1) is 0 Å². The number of rotatable bonds is 6. The van der Waals surface area contributed by atoms with Crippen molar-refractivity contribution in [2.45, 2.75) is 18.9 Å². The number of fused-ring (bicyclic) bond motifs is 1. The summed E-state index contributed by atoms with van der Waals surface area (Å²) in [5, 5.41) is 0. The molecule has 2 atom stereocenters. The number of hydrogen-bond donors (Lipinski definition) is 1. The van der Waals surface area contributed by atoms with Crippen molar-refractivity contribution in [1.82, 2.24) is 9.71 Å². The molecule has 0 saturated heterocycles.